The van der Waals surface area contributed by atoms with Gasteiger partial charge in [0.05, 0.1) is 7.11 Å². The maximum atomic E-state index is 5.18. The van der Waals surface area contributed by atoms with Crippen LogP contribution in [-0.4, -0.2) is 23.6 Å². The third kappa shape index (κ3) is 5.21. The first kappa shape index (κ1) is 17.7. The molecule has 1 aromatic heterocycles. The predicted molar refractivity (Wildman–Crippen MR) is 106 cm³/mol. The molecule has 0 aliphatic rings. The van der Waals surface area contributed by atoms with Crippen molar-refractivity contribution in [2.75, 3.05) is 24.3 Å². The van der Waals surface area contributed by atoms with Crippen molar-refractivity contribution in [3.05, 3.63) is 77.6 Å². The number of anilines is 2. The zero-order valence-electron chi connectivity index (χ0n) is 15.2. The Morgan fingerprint density at radius 3 is 2.38 bits per heavy atom. The van der Waals surface area contributed by atoms with E-state index in [1.807, 2.05) is 18.2 Å². The Balaban J connectivity index is 1.50. The molecule has 0 aliphatic carbocycles. The molecule has 134 valence electrons. The molecule has 0 unspecified atom stereocenters. The average molecular weight is 348 g/mol. The van der Waals surface area contributed by atoms with Gasteiger partial charge in [0.15, 0.2) is 0 Å². The first-order valence-electron chi connectivity index (χ1n) is 8.71. The van der Waals surface area contributed by atoms with Crippen molar-refractivity contribution in [3.8, 4) is 5.75 Å². The summed E-state index contributed by atoms with van der Waals surface area (Å²) in [6.45, 7) is 3.64. The lowest BCUT2D eigenvalue weighted by Crippen LogP contribution is -2.08. The largest absolute Gasteiger partial charge is 0.497 e. The summed E-state index contributed by atoms with van der Waals surface area (Å²) in [6.07, 6.45) is 2.49. The van der Waals surface area contributed by atoms with Gasteiger partial charge in [-0.25, -0.2) is 9.97 Å². The second kappa shape index (κ2) is 8.85. The van der Waals surface area contributed by atoms with E-state index < -0.39 is 0 Å². The van der Waals surface area contributed by atoms with Crippen molar-refractivity contribution in [1.29, 1.82) is 0 Å². The van der Waals surface area contributed by atoms with E-state index in [1.54, 1.807) is 13.4 Å². The van der Waals surface area contributed by atoms with E-state index in [0.29, 0.717) is 0 Å². The Kier molecular flexibility index (Phi) is 6.04. The number of aromatic nitrogens is 2. The lowest BCUT2D eigenvalue weighted by molar-refractivity contribution is 0.414. The molecule has 26 heavy (non-hydrogen) atoms. The fraction of sp³-hybridized carbons (Fsp3) is 0.238. The van der Waals surface area contributed by atoms with Crippen molar-refractivity contribution in [2.24, 2.45) is 0 Å². The number of ether oxygens (including phenoxy) is 1. The highest BCUT2D eigenvalue weighted by Crippen LogP contribution is 2.13. The zero-order valence-corrected chi connectivity index (χ0v) is 15.2. The Labute approximate surface area is 154 Å². The van der Waals surface area contributed by atoms with Gasteiger partial charge in [-0.15, -0.1) is 0 Å². The van der Waals surface area contributed by atoms with Gasteiger partial charge in [0.2, 0.25) is 0 Å². The van der Waals surface area contributed by atoms with Crippen LogP contribution in [0.3, 0.4) is 0 Å². The molecule has 5 heteroatoms. The van der Waals surface area contributed by atoms with Gasteiger partial charge in [0.1, 0.15) is 23.7 Å². The van der Waals surface area contributed by atoms with E-state index in [0.717, 1.165) is 36.9 Å². The van der Waals surface area contributed by atoms with Crippen LogP contribution < -0.4 is 15.4 Å². The van der Waals surface area contributed by atoms with Crippen molar-refractivity contribution in [2.45, 2.75) is 19.9 Å². The normalized spacial score (nSPS) is 10.4. The lowest BCUT2D eigenvalue weighted by Gasteiger charge is -2.09. The summed E-state index contributed by atoms with van der Waals surface area (Å²) in [4.78, 5) is 8.57. The van der Waals surface area contributed by atoms with Gasteiger partial charge in [0.25, 0.3) is 0 Å². The SMILES string of the molecule is COc1ccc(CCNc2cc(NCc3cccc(C)c3)ncn2)cc1. The lowest BCUT2D eigenvalue weighted by atomic mass is 10.1. The highest BCUT2D eigenvalue weighted by atomic mass is 16.5. The van der Waals surface area contributed by atoms with E-state index >= 15 is 0 Å². The molecule has 0 amide bonds. The van der Waals surface area contributed by atoms with Gasteiger partial charge in [-0.1, -0.05) is 42.0 Å². The molecule has 5 nitrogen and oxygen atoms in total. The van der Waals surface area contributed by atoms with Crippen LogP contribution in [0.15, 0.2) is 60.9 Å². The number of methoxy groups -OCH3 is 1. The number of rotatable bonds is 8. The van der Waals surface area contributed by atoms with E-state index in [2.05, 4.69) is 63.9 Å². The predicted octanol–water partition coefficient (Wildman–Crippen LogP) is 4.06. The molecule has 0 radical (unpaired) electrons. The number of nitrogens with zero attached hydrogens (tertiary/aromatic N) is 2. The smallest absolute Gasteiger partial charge is 0.131 e. The summed E-state index contributed by atoms with van der Waals surface area (Å²) < 4.78 is 5.18. The summed E-state index contributed by atoms with van der Waals surface area (Å²) in [6, 6.07) is 18.5. The molecule has 2 aromatic carbocycles. The second-order valence-electron chi connectivity index (χ2n) is 6.16. The molecule has 1 heterocycles. The standard InChI is InChI=1S/C21H24N4O/c1-16-4-3-5-18(12-16)14-23-21-13-20(24-15-25-21)22-11-10-17-6-8-19(26-2)9-7-17/h3-9,12-13,15H,10-11,14H2,1-2H3,(H2,22,23,24,25). The fourth-order valence-electron chi connectivity index (χ4n) is 2.69. The molecule has 0 saturated heterocycles. The van der Waals surface area contributed by atoms with Crippen LogP contribution >= 0.6 is 0 Å². The minimum absolute atomic E-state index is 0.740. The summed E-state index contributed by atoms with van der Waals surface area (Å²) in [5, 5.41) is 6.69. The molecule has 0 fully saturated rings. The van der Waals surface area contributed by atoms with Crippen LogP contribution in [-0.2, 0) is 13.0 Å². The van der Waals surface area contributed by atoms with Crippen LogP contribution in [0.5, 0.6) is 5.75 Å². The minimum Gasteiger partial charge on any atom is -0.497 e. The van der Waals surface area contributed by atoms with Crippen LogP contribution in [0.25, 0.3) is 0 Å². The molecule has 0 aliphatic heterocycles. The maximum absolute atomic E-state index is 5.18. The van der Waals surface area contributed by atoms with Crippen LogP contribution in [0.2, 0.25) is 0 Å². The maximum Gasteiger partial charge on any atom is 0.131 e. The summed E-state index contributed by atoms with van der Waals surface area (Å²) >= 11 is 0. The highest BCUT2D eigenvalue weighted by molar-refractivity contribution is 5.47. The van der Waals surface area contributed by atoms with Crippen LogP contribution in [0.1, 0.15) is 16.7 Å². The molecule has 0 saturated carbocycles. The topological polar surface area (TPSA) is 59.1 Å². The first-order valence-corrected chi connectivity index (χ1v) is 8.71. The van der Waals surface area contributed by atoms with Crippen molar-refractivity contribution >= 4 is 11.6 Å². The number of hydrogen-bond acceptors (Lipinski definition) is 5. The fourth-order valence-corrected chi connectivity index (χ4v) is 2.69. The number of aryl methyl sites for hydroxylation is 1. The van der Waals surface area contributed by atoms with Gasteiger partial charge in [-0.05, 0) is 36.6 Å². The highest BCUT2D eigenvalue weighted by Gasteiger charge is 2.00. The Bertz CT molecular complexity index is 833. The van der Waals surface area contributed by atoms with E-state index in [-0.39, 0.29) is 0 Å². The monoisotopic (exact) mass is 348 g/mol. The zero-order chi connectivity index (χ0) is 18.2. The Morgan fingerprint density at radius 1 is 0.885 bits per heavy atom. The molecular weight excluding hydrogens is 324 g/mol. The van der Waals surface area contributed by atoms with E-state index in [1.165, 1.54) is 16.7 Å². The summed E-state index contributed by atoms with van der Waals surface area (Å²) in [7, 11) is 1.68. The number of hydrogen-bond donors (Lipinski definition) is 2. The van der Waals surface area contributed by atoms with E-state index in [9.17, 15) is 0 Å². The summed E-state index contributed by atoms with van der Waals surface area (Å²) in [5.74, 6) is 2.51. The van der Waals surface area contributed by atoms with Gasteiger partial charge in [0, 0.05) is 19.2 Å². The molecule has 3 aromatic rings. The van der Waals surface area contributed by atoms with E-state index in [4.69, 9.17) is 4.74 Å². The first-order chi connectivity index (χ1) is 12.7. The quantitative estimate of drug-likeness (QED) is 0.643. The number of benzene rings is 2. The third-order valence-corrected chi connectivity index (χ3v) is 4.10. The van der Waals surface area contributed by atoms with Gasteiger partial charge in [-0.2, -0.15) is 0 Å². The Hall–Kier alpha value is -3.08. The van der Waals surface area contributed by atoms with Crippen molar-refractivity contribution in [3.63, 3.8) is 0 Å². The molecule has 2 N–H and O–H groups in total. The summed E-state index contributed by atoms with van der Waals surface area (Å²) in [5.41, 5.74) is 3.75. The second-order valence-corrected chi connectivity index (χ2v) is 6.16. The molecule has 0 spiro atoms. The van der Waals surface area contributed by atoms with Gasteiger partial charge < -0.3 is 15.4 Å². The number of nitrogens with one attached hydrogen (secondary N) is 2. The molecule has 0 atom stereocenters. The molecule has 0 bridgehead atoms. The molecule has 3 rings (SSSR count). The average Bonchev–Trinajstić information content (AvgIpc) is 2.67. The van der Waals surface area contributed by atoms with Crippen molar-refractivity contribution in [1.82, 2.24) is 9.97 Å². The third-order valence-electron chi connectivity index (χ3n) is 4.10. The van der Waals surface area contributed by atoms with Crippen LogP contribution in [0, 0.1) is 6.92 Å². The van der Waals surface area contributed by atoms with Gasteiger partial charge in [-0.3, -0.25) is 0 Å². The van der Waals surface area contributed by atoms with Gasteiger partial charge >= 0.3 is 0 Å². The van der Waals surface area contributed by atoms with Crippen molar-refractivity contribution < 1.29 is 4.74 Å². The minimum atomic E-state index is 0.740. The van der Waals surface area contributed by atoms with Crippen LogP contribution in [0.4, 0.5) is 11.6 Å². The Morgan fingerprint density at radius 2 is 1.65 bits per heavy atom. The molecular formula is C21H24N4O.